The Bertz CT molecular complexity index is 304. The molecule has 0 spiro atoms. The minimum Gasteiger partial charge on any atom is -0.327 e. The second-order valence-corrected chi connectivity index (χ2v) is 5.43. The van der Waals surface area contributed by atoms with Gasteiger partial charge in [-0.25, -0.2) is 0 Å². The van der Waals surface area contributed by atoms with Crippen LogP contribution in [0.4, 0.5) is 0 Å². The van der Waals surface area contributed by atoms with Gasteiger partial charge in [0.1, 0.15) is 0 Å². The van der Waals surface area contributed by atoms with Crippen LogP contribution in [-0.4, -0.2) is 30.6 Å². The third kappa shape index (κ3) is 7.34. The van der Waals surface area contributed by atoms with Crippen molar-refractivity contribution >= 4 is 0 Å². The number of nitrogens with two attached hydrogens (primary N) is 1. The highest BCUT2D eigenvalue weighted by Crippen LogP contribution is 2.07. The Labute approximate surface area is 119 Å². The van der Waals surface area contributed by atoms with Gasteiger partial charge in [-0.2, -0.15) is 0 Å². The topological polar surface area (TPSA) is 29.3 Å². The van der Waals surface area contributed by atoms with Gasteiger partial charge in [0.15, 0.2) is 0 Å². The van der Waals surface area contributed by atoms with E-state index in [1.54, 1.807) is 0 Å². The number of hydrogen-bond donors (Lipinski definition) is 1. The first-order valence-corrected chi connectivity index (χ1v) is 7.78. The zero-order valence-electron chi connectivity index (χ0n) is 12.6. The maximum atomic E-state index is 6.22. The third-order valence-electron chi connectivity index (χ3n) is 3.47. The van der Waals surface area contributed by atoms with Crippen molar-refractivity contribution in [1.29, 1.82) is 0 Å². The predicted molar refractivity (Wildman–Crippen MR) is 84.4 cm³/mol. The van der Waals surface area contributed by atoms with E-state index in [1.807, 2.05) is 0 Å². The molecule has 0 aromatic heterocycles. The molecular weight excluding hydrogens is 232 g/mol. The molecule has 108 valence electrons. The minimum atomic E-state index is 0.299. The molecule has 2 N–H and O–H groups in total. The predicted octanol–water partition coefficient (Wildman–Crippen LogP) is 3.46. The van der Waals surface area contributed by atoms with E-state index >= 15 is 0 Å². The van der Waals surface area contributed by atoms with Gasteiger partial charge in [0.2, 0.25) is 0 Å². The fourth-order valence-electron chi connectivity index (χ4n) is 2.56. The van der Waals surface area contributed by atoms with Gasteiger partial charge in [-0.3, -0.25) is 0 Å². The molecule has 0 amide bonds. The molecule has 19 heavy (non-hydrogen) atoms. The lowest BCUT2D eigenvalue weighted by Crippen LogP contribution is -2.29. The van der Waals surface area contributed by atoms with Crippen molar-refractivity contribution in [3.63, 3.8) is 0 Å². The van der Waals surface area contributed by atoms with Crippen LogP contribution in [-0.2, 0) is 6.42 Å². The van der Waals surface area contributed by atoms with Gasteiger partial charge >= 0.3 is 0 Å². The van der Waals surface area contributed by atoms with Crippen molar-refractivity contribution in [2.75, 3.05) is 19.6 Å². The van der Waals surface area contributed by atoms with Crippen LogP contribution >= 0.6 is 0 Å². The van der Waals surface area contributed by atoms with Crippen LogP contribution in [0.1, 0.15) is 45.1 Å². The Hall–Kier alpha value is -0.860. The molecule has 2 heteroatoms. The van der Waals surface area contributed by atoms with Crippen LogP contribution in [0.25, 0.3) is 0 Å². The molecule has 1 atom stereocenters. The van der Waals surface area contributed by atoms with Crippen molar-refractivity contribution in [3.05, 3.63) is 35.9 Å². The third-order valence-corrected chi connectivity index (χ3v) is 3.47. The van der Waals surface area contributed by atoms with Crippen molar-refractivity contribution in [2.45, 2.75) is 52.0 Å². The average molecular weight is 262 g/mol. The van der Waals surface area contributed by atoms with Crippen molar-refractivity contribution in [3.8, 4) is 0 Å². The molecule has 0 saturated heterocycles. The fourth-order valence-corrected chi connectivity index (χ4v) is 2.56. The molecule has 1 aromatic carbocycles. The van der Waals surface area contributed by atoms with Gasteiger partial charge in [-0.05, 0) is 57.3 Å². The molecule has 0 heterocycles. The Morgan fingerprint density at radius 3 is 2.21 bits per heavy atom. The van der Waals surface area contributed by atoms with Crippen LogP contribution in [0.3, 0.4) is 0 Å². The molecule has 1 aromatic rings. The number of benzene rings is 1. The molecule has 0 saturated carbocycles. The van der Waals surface area contributed by atoms with Crippen LogP contribution in [0.15, 0.2) is 30.3 Å². The Morgan fingerprint density at radius 2 is 1.63 bits per heavy atom. The average Bonchev–Trinajstić information content (AvgIpc) is 2.40. The second kappa shape index (κ2) is 9.99. The molecule has 0 bridgehead atoms. The maximum absolute atomic E-state index is 6.22. The SMILES string of the molecule is CCCN(CCC)CCCC(N)Cc1ccccc1. The standard InChI is InChI=1S/C17H30N2/c1-3-12-19(13-4-2)14-8-11-17(18)15-16-9-6-5-7-10-16/h5-7,9-10,17H,3-4,8,11-15,18H2,1-2H3. The summed E-state index contributed by atoms with van der Waals surface area (Å²) in [4.78, 5) is 2.56. The summed E-state index contributed by atoms with van der Waals surface area (Å²) in [5, 5.41) is 0. The molecule has 0 aliphatic carbocycles. The highest BCUT2D eigenvalue weighted by Gasteiger charge is 2.06. The van der Waals surface area contributed by atoms with Crippen LogP contribution < -0.4 is 5.73 Å². The summed E-state index contributed by atoms with van der Waals surface area (Å²) in [5.41, 5.74) is 7.58. The summed E-state index contributed by atoms with van der Waals surface area (Å²) >= 11 is 0. The Kier molecular flexibility index (Phi) is 8.52. The van der Waals surface area contributed by atoms with E-state index < -0.39 is 0 Å². The number of nitrogens with zero attached hydrogens (tertiary/aromatic N) is 1. The van der Waals surface area contributed by atoms with E-state index in [0.29, 0.717) is 6.04 Å². The number of hydrogen-bond acceptors (Lipinski definition) is 2. The summed E-state index contributed by atoms with van der Waals surface area (Å²) in [6.07, 6.45) is 5.83. The van der Waals surface area contributed by atoms with Gasteiger partial charge in [0, 0.05) is 6.04 Å². The van der Waals surface area contributed by atoms with E-state index in [0.717, 1.165) is 12.8 Å². The monoisotopic (exact) mass is 262 g/mol. The molecule has 0 aliphatic heterocycles. The van der Waals surface area contributed by atoms with Crippen LogP contribution in [0, 0.1) is 0 Å². The van der Waals surface area contributed by atoms with Crippen LogP contribution in [0.2, 0.25) is 0 Å². The highest BCUT2D eigenvalue weighted by atomic mass is 15.1. The first kappa shape index (κ1) is 16.2. The normalized spacial score (nSPS) is 12.8. The van der Waals surface area contributed by atoms with Crippen molar-refractivity contribution in [1.82, 2.24) is 4.90 Å². The van der Waals surface area contributed by atoms with E-state index in [1.165, 1.54) is 44.5 Å². The lowest BCUT2D eigenvalue weighted by atomic mass is 10.0. The van der Waals surface area contributed by atoms with E-state index in [-0.39, 0.29) is 0 Å². The summed E-state index contributed by atoms with van der Waals surface area (Å²) in [5.74, 6) is 0. The summed E-state index contributed by atoms with van der Waals surface area (Å²) < 4.78 is 0. The first-order chi connectivity index (χ1) is 9.26. The minimum absolute atomic E-state index is 0.299. The van der Waals surface area contributed by atoms with Gasteiger partial charge in [-0.15, -0.1) is 0 Å². The molecule has 0 fully saturated rings. The summed E-state index contributed by atoms with van der Waals surface area (Å²) in [7, 11) is 0. The number of rotatable bonds is 10. The van der Waals surface area contributed by atoms with Gasteiger partial charge < -0.3 is 10.6 Å². The smallest absolute Gasteiger partial charge is 0.00797 e. The molecular formula is C17H30N2. The van der Waals surface area contributed by atoms with Gasteiger partial charge in [0.05, 0.1) is 0 Å². The molecule has 1 unspecified atom stereocenters. The molecule has 2 nitrogen and oxygen atoms in total. The summed E-state index contributed by atoms with van der Waals surface area (Å²) in [6, 6.07) is 10.9. The van der Waals surface area contributed by atoms with Gasteiger partial charge in [0.25, 0.3) is 0 Å². The maximum Gasteiger partial charge on any atom is 0.00797 e. The Balaban J connectivity index is 2.20. The Morgan fingerprint density at radius 1 is 1.00 bits per heavy atom. The van der Waals surface area contributed by atoms with Crippen molar-refractivity contribution in [2.24, 2.45) is 5.73 Å². The highest BCUT2D eigenvalue weighted by molar-refractivity contribution is 5.15. The quantitative estimate of drug-likeness (QED) is 0.699. The lowest BCUT2D eigenvalue weighted by Gasteiger charge is -2.21. The fraction of sp³-hybridized carbons (Fsp3) is 0.647. The zero-order valence-corrected chi connectivity index (χ0v) is 12.6. The molecule has 0 radical (unpaired) electrons. The second-order valence-electron chi connectivity index (χ2n) is 5.43. The zero-order chi connectivity index (χ0) is 13.9. The van der Waals surface area contributed by atoms with E-state index in [4.69, 9.17) is 5.73 Å². The summed E-state index contributed by atoms with van der Waals surface area (Å²) in [6.45, 7) is 8.15. The van der Waals surface area contributed by atoms with Crippen molar-refractivity contribution < 1.29 is 0 Å². The molecule has 1 rings (SSSR count). The van der Waals surface area contributed by atoms with Gasteiger partial charge in [-0.1, -0.05) is 44.2 Å². The largest absolute Gasteiger partial charge is 0.327 e. The van der Waals surface area contributed by atoms with Crippen LogP contribution in [0.5, 0.6) is 0 Å². The van der Waals surface area contributed by atoms with E-state index in [9.17, 15) is 0 Å². The van der Waals surface area contributed by atoms with E-state index in [2.05, 4.69) is 49.1 Å². The molecule has 0 aliphatic rings. The first-order valence-electron chi connectivity index (χ1n) is 7.78. The lowest BCUT2D eigenvalue weighted by molar-refractivity contribution is 0.266.